The summed E-state index contributed by atoms with van der Waals surface area (Å²) in [6, 6.07) is 16.2. The second kappa shape index (κ2) is 6.31. The maximum absolute atomic E-state index is 12.4. The van der Waals surface area contributed by atoms with Crippen molar-refractivity contribution in [2.24, 2.45) is 0 Å². The molecule has 4 rings (SSSR count). The molecule has 25 heavy (non-hydrogen) atoms. The van der Waals surface area contributed by atoms with Crippen molar-refractivity contribution in [2.45, 2.75) is 0 Å². The predicted octanol–water partition coefficient (Wildman–Crippen LogP) is 5.34. The molecule has 2 heterocycles. The predicted molar refractivity (Wildman–Crippen MR) is 101 cm³/mol. The van der Waals surface area contributed by atoms with Crippen LogP contribution in [0.25, 0.3) is 21.8 Å². The molecule has 2 aromatic carbocycles. The number of anilines is 1. The number of halogens is 2. The van der Waals surface area contributed by atoms with Crippen molar-refractivity contribution in [3.8, 4) is 0 Å². The molecule has 0 atom stereocenters. The summed E-state index contributed by atoms with van der Waals surface area (Å²) in [5.41, 5.74) is 1.95. The van der Waals surface area contributed by atoms with Crippen molar-refractivity contribution in [3.05, 3.63) is 76.4 Å². The van der Waals surface area contributed by atoms with Crippen LogP contribution in [0.2, 0.25) is 10.0 Å². The first-order valence-electron chi connectivity index (χ1n) is 7.53. The number of nitrogens with one attached hydrogen (secondary N) is 1. The van der Waals surface area contributed by atoms with Crippen molar-refractivity contribution in [1.29, 1.82) is 0 Å². The van der Waals surface area contributed by atoms with Crippen molar-refractivity contribution in [1.82, 2.24) is 9.97 Å². The molecule has 0 aliphatic rings. The Morgan fingerprint density at radius 2 is 1.64 bits per heavy atom. The molecule has 4 nitrogen and oxygen atoms in total. The first-order chi connectivity index (χ1) is 12.1. The van der Waals surface area contributed by atoms with Crippen molar-refractivity contribution < 1.29 is 4.79 Å². The zero-order valence-corrected chi connectivity index (χ0v) is 14.3. The zero-order chi connectivity index (χ0) is 17.4. The lowest BCUT2D eigenvalue weighted by Gasteiger charge is -2.08. The molecule has 0 saturated heterocycles. The maximum atomic E-state index is 12.4. The Hall–Kier alpha value is -2.69. The molecule has 1 amide bonds. The van der Waals surface area contributed by atoms with Gasteiger partial charge in [0.2, 0.25) is 0 Å². The fraction of sp³-hybridized carbons (Fsp3) is 0. The number of pyridine rings is 2. The molecule has 0 aliphatic carbocycles. The summed E-state index contributed by atoms with van der Waals surface area (Å²) in [6.07, 6.45) is 1.73. The number of benzene rings is 2. The van der Waals surface area contributed by atoms with Crippen LogP contribution >= 0.6 is 23.2 Å². The molecule has 0 aliphatic heterocycles. The van der Waals surface area contributed by atoms with Gasteiger partial charge >= 0.3 is 0 Å². The number of aromatic nitrogens is 2. The highest BCUT2D eigenvalue weighted by Crippen LogP contribution is 2.25. The monoisotopic (exact) mass is 367 g/mol. The van der Waals surface area contributed by atoms with Gasteiger partial charge in [0.05, 0.1) is 21.1 Å². The van der Waals surface area contributed by atoms with E-state index in [0.717, 1.165) is 21.8 Å². The Bertz CT molecular complexity index is 1130. The average Bonchev–Trinajstić information content (AvgIpc) is 2.64. The maximum Gasteiger partial charge on any atom is 0.256 e. The second-order valence-corrected chi connectivity index (χ2v) is 6.31. The highest BCUT2D eigenvalue weighted by atomic mass is 35.5. The van der Waals surface area contributed by atoms with Crippen LogP contribution in [0.3, 0.4) is 0 Å². The number of carbonyl (C=O) groups is 1. The Labute approximate surface area is 153 Å². The zero-order valence-electron chi connectivity index (χ0n) is 12.8. The lowest BCUT2D eigenvalue weighted by atomic mass is 10.1. The molecule has 0 spiro atoms. The minimum atomic E-state index is -0.307. The number of carbonyl (C=O) groups excluding carboxylic acids is 1. The van der Waals surface area contributed by atoms with E-state index in [0.29, 0.717) is 21.4 Å². The van der Waals surface area contributed by atoms with E-state index in [4.69, 9.17) is 23.2 Å². The molecule has 0 radical (unpaired) electrons. The van der Waals surface area contributed by atoms with E-state index in [1.807, 2.05) is 30.3 Å². The van der Waals surface area contributed by atoms with Crippen LogP contribution in [0.1, 0.15) is 10.4 Å². The normalized spacial score (nSPS) is 11.0. The van der Waals surface area contributed by atoms with Gasteiger partial charge in [0, 0.05) is 22.5 Å². The number of nitrogens with zero attached hydrogens (tertiary/aromatic N) is 2. The molecule has 0 bridgehead atoms. The molecule has 0 saturated carbocycles. The summed E-state index contributed by atoms with van der Waals surface area (Å²) in [4.78, 5) is 21.4. The highest BCUT2D eigenvalue weighted by Gasteiger charge is 2.10. The van der Waals surface area contributed by atoms with Crippen molar-refractivity contribution >= 4 is 56.7 Å². The lowest BCUT2D eigenvalue weighted by molar-refractivity contribution is 0.102. The summed E-state index contributed by atoms with van der Waals surface area (Å²) in [5, 5.41) is 5.47. The van der Waals surface area contributed by atoms with Crippen LogP contribution in [0, 0.1) is 0 Å². The number of hydrogen-bond acceptors (Lipinski definition) is 3. The third kappa shape index (κ3) is 3.02. The fourth-order valence-corrected chi connectivity index (χ4v) is 2.92. The highest BCUT2D eigenvalue weighted by molar-refractivity contribution is 6.42. The van der Waals surface area contributed by atoms with Gasteiger partial charge in [-0.1, -0.05) is 41.4 Å². The molecule has 6 heteroatoms. The van der Waals surface area contributed by atoms with E-state index in [1.165, 1.54) is 6.07 Å². The lowest BCUT2D eigenvalue weighted by Crippen LogP contribution is -2.13. The van der Waals surface area contributed by atoms with Gasteiger partial charge in [-0.3, -0.25) is 9.78 Å². The molecule has 0 unspecified atom stereocenters. The first kappa shape index (κ1) is 15.8. The molecule has 4 aromatic rings. The Kier molecular flexibility index (Phi) is 3.99. The molecule has 2 aromatic heterocycles. The first-order valence-corrected chi connectivity index (χ1v) is 8.28. The van der Waals surface area contributed by atoms with Gasteiger partial charge in [-0.25, -0.2) is 4.98 Å². The van der Waals surface area contributed by atoms with Gasteiger partial charge in [0.25, 0.3) is 5.91 Å². The average molecular weight is 368 g/mol. The van der Waals surface area contributed by atoms with Gasteiger partial charge in [-0.15, -0.1) is 0 Å². The summed E-state index contributed by atoms with van der Waals surface area (Å²) in [5.74, 6) is 0.139. The standard InChI is InChI=1S/C19H11Cl2N3O/c20-14-7-5-13(10-15(14)21)19(25)24-16-8-6-12-4-3-11-2-1-9-22-17(11)18(12)23-16/h1-10H,(H,23,24,25). The topological polar surface area (TPSA) is 54.9 Å². The van der Waals surface area contributed by atoms with Gasteiger partial charge in [0.15, 0.2) is 0 Å². The fourth-order valence-electron chi connectivity index (χ4n) is 2.62. The van der Waals surface area contributed by atoms with Gasteiger partial charge in [0.1, 0.15) is 5.82 Å². The SMILES string of the molecule is O=C(Nc1ccc2ccc3cccnc3c2n1)c1ccc(Cl)c(Cl)c1. The number of hydrogen-bond donors (Lipinski definition) is 1. The van der Waals surface area contributed by atoms with Gasteiger partial charge < -0.3 is 5.32 Å². The Morgan fingerprint density at radius 3 is 2.44 bits per heavy atom. The summed E-state index contributed by atoms with van der Waals surface area (Å²) in [7, 11) is 0. The quantitative estimate of drug-likeness (QED) is 0.486. The second-order valence-electron chi connectivity index (χ2n) is 5.49. The van der Waals surface area contributed by atoms with Crippen LogP contribution < -0.4 is 5.32 Å². The number of fused-ring (bicyclic) bond motifs is 3. The summed E-state index contributed by atoms with van der Waals surface area (Å²) in [6.45, 7) is 0. The van der Waals surface area contributed by atoms with Crippen molar-refractivity contribution in [3.63, 3.8) is 0 Å². The molecular formula is C19H11Cl2N3O. The van der Waals surface area contributed by atoms with Crippen LogP contribution in [-0.4, -0.2) is 15.9 Å². The molecular weight excluding hydrogens is 357 g/mol. The van der Waals surface area contributed by atoms with E-state index >= 15 is 0 Å². The summed E-state index contributed by atoms with van der Waals surface area (Å²) >= 11 is 11.9. The summed E-state index contributed by atoms with van der Waals surface area (Å²) < 4.78 is 0. The Morgan fingerprint density at radius 1 is 0.880 bits per heavy atom. The third-order valence-corrected chi connectivity index (χ3v) is 4.59. The molecule has 1 N–H and O–H groups in total. The van der Waals surface area contributed by atoms with Crippen LogP contribution in [0.4, 0.5) is 5.82 Å². The van der Waals surface area contributed by atoms with Gasteiger partial charge in [-0.05, 0) is 36.4 Å². The van der Waals surface area contributed by atoms with E-state index in [-0.39, 0.29) is 5.91 Å². The van der Waals surface area contributed by atoms with E-state index in [1.54, 1.807) is 24.4 Å². The number of rotatable bonds is 2. The van der Waals surface area contributed by atoms with Crippen LogP contribution in [0.15, 0.2) is 60.8 Å². The largest absolute Gasteiger partial charge is 0.307 e. The minimum absolute atomic E-state index is 0.307. The number of amides is 1. The van der Waals surface area contributed by atoms with E-state index in [9.17, 15) is 4.79 Å². The van der Waals surface area contributed by atoms with E-state index in [2.05, 4.69) is 15.3 Å². The smallest absolute Gasteiger partial charge is 0.256 e. The molecule has 0 fully saturated rings. The molecule has 122 valence electrons. The van der Waals surface area contributed by atoms with Gasteiger partial charge in [-0.2, -0.15) is 0 Å². The van der Waals surface area contributed by atoms with Crippen LogP contribution in [-0.2, 0) is 0 Å². The minimum Gasteiger partial charge on any atom is -0.307 e. The van der Waals surface area contributed by atoms with Crippen LogP contribution in [0.5, 0.6) is 0 Å². The van der Waals surface area contributed by atoms with E-state index < -0.39 is 0 Å². The Balaban J connectivity index is 1.72. The third-order valence-electron chi connectivity index (χ3n) is 3.86. The van der Waals surface area contributed by atoms with Crippen molar-refractivity contribution in [2.75, 3.05) is 5.32 Å².